The van der Waals surface area contributed by atoms with Crippen molar-refractivity contribution < 1.29 is 9.53 Å². The largest absolute Gasteiger partial charge is 0.373 e. The van der Waals surface area contributed by atoms with Crippen molar-refractivity contribution >= 4 is 5.91 Å². The van der Waals surface area contributed by atoms with Crippen molar-refractivity contribution in [3.05, 3.63) is 35.4 Å². The molecule has 25 heavy (non-hydrogen) atoms. The molecule has 0 spiro atoms. The molecule has 0 aromatic heterocycles. The number of hydrogen-bond acceptors (Lipinski definition) is 3. The Morgan fingerprint density at radius 2 is 1.76 bits per heavy atom. The summed E-state index contributed by atoms with van der Waals surface area (Å²) < 4.78 is 5.76. The van der Waals surface area contributed by atoms with Gasteiger partial charge in [-0.1, -0.05) is 29.8 Å². The van der Waals surface area contributed by atoms with Crippen LogP contribution in [0.1, 0.15) is 51.7 Å². The molecule has 2 unspecified atom stereocenters. The van der Waals surface area contributed by atoms with Gasteiger partial charge in [-0.05, 0) is 59.6 Å². The smallest absolute Gasteiger partial charge is 0.230 e. The zero-order valence-electron chi connectivity index (χ0n) is 16.5. The molecule has 1 aliphatic rings. The normalized spacial score (nSPS) is 22.0. The van der Waals surface area contributed by atoms with E-state index in [2.05, 4.69) is 55.3 Å². The fourth-order valence-corrected chi connectivity index (χ4v) is 3.45. The number of carbonyl (C=O) groups is 1. The van der Waals surface area contributed by atoms with E-state index in [1.807, 2.05) is 13.8 Å². The number of aryl methyl sites for hydroxylation is 1. The summed E-state index contributed by atoms with van der Waals surface area (Å²) in [6.07, 6.45) is 2.75. The van der Waals surface area contributed by atoms with E-state index in [1.165, 1.54) is 5.56 Å². The molecule has 0 bridgehead atoms. The van der Waals surface area contributed by atoms with Crippen LogP contribution in [-0.4, -0.2) is 49.2 Å². The first-order valence-electron chi connectivity index (χ1n) is 9.52. The molecule has 140 valence electrons. The summed E-state index contributed by atoms with van der Waals surface area (Å²) >= 11 is 0. The van der Waals surface area contributed by atoms with Crippen LogP contribution in [0.25, 0.3) is 0 Å². The highest BCUT2D eigenvalue weighted by Gasteiger charge is 2.29. The molecule has 1 heterocycles. The highest BCUT2D eigenvalue weighted by molar-refractivity contribution is 5.87. The molecule has 1 fully saturated rings. The van der Waals surface area contributed by atoms with E-state index in [0.717, 1.165) is 44.6 Å². The third kappa shape index (κ3) is 5.82. The van der Waals surface area contributed by atoms with E-state index in [9.17, 15) is 4.79 Å². The maximum Gasteiger partial charge on any atom is 0.230 e. The van der Waals surface area contributed by atoms with Crippen LogP contribution in [0.5, 0.6) is 0 Å². The summed E-state index contributed by atoms with van der Waals surface area (Å²) in [5, 5.41) is 3.11. The second-order valence-electron chi connectivity index (χ2n) is 7.97. The summed E-state index contributed by atoms with van der Waals surface area (Å²) in [5.74, 6) is 0.102. The van der Waals surface area contributed by atoms with Gasteiger partial charge in [-0.3, -0.25) is 9.69 Å². The Morgan fingerprint density at radius 3 is 2.36 bits per heavy atom. The molecule has 2 rings (SSSR count). The average Bonchev–Trinajstić information content (AvgIpc) is 2.53. The molecule has 1 aliphatic heterocycles. The first-order chi connectivity index (χ1) is 11.8. The van der Waals surface area contributed by atoms with E-state index < -0.39 is 5.41 Å². The van der Waals surface area contributed by atoms with Crippen molar-refractivity contribution in [2.75, 3.05) is 26.2 Å². The number of hydrogen-bond donors (Lipinski definition) is 1. The number of amides is 1. The number of benzene rings is 1. The molecule has 1 N–H and O–H groups in total. The second-order valence-corrected chi connectivity index (χ2v) is 7.97. The number of nitrogens with one attached hydrogen (secondary N) is 1. The number of unbranched alkanes of at least 4 members (excludes halogenated alkanes) is 1. The first kappa shape index (κ1) is 19.9. The van der Waals surface area contributed by atoms with Gasteiger partial charge in [0.1, 0.15) is 0 Å². The maximum absolute atomic E-state index is 12.6. The van der Waals surface area contributed by atoms with Gasteiger partial charge < -0.3 is 10.1 Å². The van der Waals surface area contributed by atoms with Gasteiger partial charge in [0, 0.05) is 19.6 Å². The van der Waals surface area contributed by atoms with Gasteiger partial charge >= 0.3 is 0 Å². The fourth-order valence-electron chi connectivity index (χ4n) is 3.45. The van der Waals surface area contributed by atoms with Gasteiger partial charge in [-0.15, -0.1) is 0 Å². The van der Waals surface area contributed by atoms with Gasteiger partial charge in [0.2, 0.25) is 5.91 Å². The lowest BCUT2D eigenvalue weighted by Crippen LogP contribution is -2.45. The molecule has 4 heteroatoms. The molecule has 0 saturated carbocycles. The highest BCUT2D eigenvalue weighted by atomic mass is 16.5. The highest BCUT2D eigenvalue weighted by Crippen LogP contribution is 2.23. The standard InChI is InChI=1S/C21H34N2O2/c1-16-8-10-19(11-9-16)21(4,5)20(24)22-12-6-7-13-23-14-17(2)25-18(3)15-23/h8-11,17-18H,6-7,12-15H2,1-5H3,(H,22,24). The number of rotatable bonds is 7. The molecule has 0 radical (unpaired) electrons. The predicted molar refractivity (Wildman–Crippen MR) is 103 cm³/mol. The lowest BCUT2D eigenvalue weighted by atomic mass is 9.83. The lowest BCUT2D eigenvalue weighted by molar-refractivity contribution is -0.125. The van der Waals surface area contributed by atoms with Gasteiger partial charge in [0.25, 0.3) is 0 Å². The first-order valence-corrected chi connectivity index (χ1v) is 9.52. The van der Waals surface area contributed by atoms with Crippen molar-refractivity contribution in [3.8, 4) is 0 Å². The van der Waals surface area contributed by atoms with Crippen molar-refractivity contribution in [3.63, 3.8) is 0 Å². The van der Waals surface area contributed by atoms with E-state index in [1.54, 1.807) is 0 Å². The van der Waals surface area contributed by atoms with E-state index in [4.69, 9.17) is 4.74 Å². The molecular weight excluding hydrogens is 312 g/mol. The van der Waals surface area contributed by atoms with Crippen LogP contribution in [0.3, 0.4) is 0 Å². The van der Waals surface area contributed by atoms with Crippen LogP contribution >= 0.6 is 0 Å². The number of carbonyl (C=O) groups excluding carboxylic acids is 1. The molecule has 1 aromatic carbocycles. The van der Waals surface area contributed by atoms with E-state index in [0.29, 0.717) is 12.2 Å². The minimum Gasteiger partial charge on any atom is -0.373 e. The maximum atomic E-state index is 12.6. The van der Waals surface area contributed by atoms with Crippen LogP contribution in [-0.2, 0) is 14.9 Å². The Kier molecular flexibility index (Phi) is 7.03. The van der Waals surface area contributed by atoms with Crippen molar-refractivity contribution in [2.24, 2.45) is 0 Å². The molecule has 0 aliphatic carbocycles. The molecule has 4 nitrogen and oxygen atoms in total. The Morgan fingerprint density at radius 1 is 1.16 bits per heavy atom. The lowest BCUT2D eigenvalue weighted by Gasteiger charge is -2.35. The summed E-state index contributed by atoms with van der Waals surface area (Å²) in [6.45, 7) is 14.2. The van der Waals surface area contributed by atoms with Gasteiger partial charge in [0.15, 0.2) is 0 Å². The van der Waals surface area contributed by atoms with Crippen molar-refractivity contribution in [1.29, 1.82) is 0 Å². The van der Waals surface area contributed by atoms with E-state index >= 15 is 0 Å². The number of ether oxygens (including phenoxy) is 1. The molecule has 1 aromatic rings. The second kappa shape index (κ2) is 8.81. The third-order valence-electron chi connectivity index (χ3n) is 5.02. The Labute approximate surface area is 152 Å². The van der Waals surface area contributed by atoms with Crippen molar-refractivity contribution in [2.45, 2.75) is 65.1 Å². The summed E-state index contributed by atoms with van der Waals surface area (Å²) in [6, 6.07) is 8.23. The Hall–Kier alpha value is -1.39. The SMILES string of the molecule is Cc1ccc(C(C)(C)C(=O)NCCCCN2CC(C)OC(C)C2)cc1. The van der Waals surface area contributed by atoms with Crippen LogP contribution in [0.15, 0.2) is 24.3 Å². The Bertz CT molecular complexity index is 544. The van der Waals surface area contributed by atoms with Gasteiger partial charge in [-0.2, -0.15) is 0 Å². The average molecular weight is 347 g/mol. The topological polar surface area (TPSA) is 41.6 Å². The molecule has 1 amide bonds. The molecular formula is C21H34N2O2. The van der Waals surface area contributed by atoms with Crippen LogP contribution in [0, 0.1) is 6.92 Å². The molecule has 2 atom stereocenters. The predicted octanol–water partition coefficient (Wildman–Crippen LogP) is 3.28. The van der Waals surface area contributed by atoms with Crippen molar-refractivity contribution in [1.82, 2.24) is 10.2 Å². The van der Waals surface area contributed by atoms with Crippen LogP contribution in [0.4, 0.5) is 0 Å². The number of nitrogens with zero attached hydrogens (tertiary/aromatic N) is 1. The Balaban J connectivity index is 1.70. The van der Waals surface area contributed by atoms with Crippen LogP contribution < -0.4 is 5.32 Å². The van der Waals surface area contributed by atoms with Crippen LogP contribution in [0.2, 0.25) is 0 Å². The quantitative estimate of drug-likeness (QED) is 0.771. The summed E-state index contributed by atoms with van der Waals surface area (Å²) in [5.41, 5.74) is 1.78. The zero-order valence-corrected chi connectivity index (χ0v) is 16.5. The zero-order chi connectivity index (χ0) is 18.4. The summed E-state index contributed by atoms with van der Waals surface area (Å²) in [4.78, 5) is 15.0. The monoisotopic (exact) mass is 346 g/mol. The van der Waals surface area contributed by atoms with Gasteiger partial charge in [0.05, 0.1) is 17.6 Å². The van der Waals surface area contributed by atoms with Gasteiger partial charge in [-0.25, -0.2) is 0 Å². The minimum atomic E-state index is -0.497. The number of morpholine rings is 1. The summed E-state index contributed by atoms with van der Waals surface area (Å²) in [7, 11) is 0. The molecule has 1 saturated heterocycles. The minimum absolute atomic E-state index is 0.102. The van der Waals surface area contributed by atoms with E-state index in [-0.39, 0.29) is 5.91 Å². The third-order valence-corrected chi connectivity index (χ3v) is 5.02. The fraction of sp³-hybridized carbons (Fsp3) is 0.667.